The van der Waals surface area contributed by atoms with E-state index in [4.69, 9.17) is 0 Å². The summed E-state index contributed by atoms with van der Waals surface area (Å²) in [6.07, 6.45) is 2.40. The average molecular weight is 220 g/mol. The van der Waals surface area contributed by atoms with Crippen molar-refractivity contribution in [1.82, 2.24) is 15.3 Å². The van der Waals surface area contributed by atoms with Gasteiger partial charge in [-0.15, -0.1) is 0 Å². The third kappa shape index (κ3) is 2.70. The summed E-state index contributed by atoms with van der Waals surface area (Å²) in [5.41, 5.74) is 2.04. The quantitative estimate of drug-likeness (QED) is 0.795. The smallest absolute Gasteiger partial charge is 0.223 e. The van der Waals surface area contributed by atoms with Crippen molar-refractivity contribution in [1.29, 1.82) is 0 Å². The number of rotatable bonds is 2. The van der Waals surface area contributed by atoms with Crippen LogP contribution in [0.1, 0.15) is 31.2 Å². The lowest BCUT2D eigenvalue weighted by molar-refractivity contribution is 0.388. The first-order chi connectivity index (χ1) is 7.65. The van der Waals surface area contributed by atoms with Gasteiger partial charge in [-0.1, -0.05) is 0 Å². The van der Waals surface area contributed by atoms with E-state index in [2.05, 4.69) is 27.5 Å². The summed E-state index contributed by atoms with van der Waals surface area (Å²) in [6, 6.07) is 2.92. The van der Waals surface area contributed by atoms with Crippen LogP contribution in [0, 0.1) is 13.8 Å². The lowest BCUT2D eigenvalue weighted by atomic mass is 10.0. The molecule has 1 saturated heterocycles. The van der Waals surface area contributed by atoms with Crippen LogP contribution < -0.4 is 10.6 Å². The summed E-state index contributed by atoms with van der Waals surface area (Å²) in [5, 5.41) is 6.89. The number of nitrogens with one attached hydrogen (secondary N) is 2. The van der Waals surface area contributed by atoms with E-state index in [1.54, 1.807) is 0 Å². The molecule has 1 aromatic heterocycles. The van der Waals surface area contributed by atoms with Crippen LogP contribution in [0.5, 0.6) is 0 Å². The van der Waals surface area contributed by atoms with Crippen molar-refractivity contribution < 1.29 is 0 Å². The van der Waals surface area contributed by atoms with Gasteiger partial charge in [-0.05, 0) is 46.2 Å². The summed E-state index contributed by atoms with van der Waals surface area (Å²) < 4.78 is 0. The van der Waals surface area contributed by atoms with Crippen LogP contribution in [0.3, 0.4) is 0 Å². The Labute approximate surface area is 96.9 Å². The van der Waals surface area contributed by atoms with Gasteiger partial charge in [-0.2, -0.15) is 0 Å². The van der Waals surface area contributed by atoms with Gasteiger partial charge in [0, 0.05) is 23.5 Å². The minimum Gasteiger partial charge on any atom is -0.350 e. The van der Waals surface area contributed by atoms with Gasteiger partial charge in [-0.3, -0.25) is 0 Å². The third-order valence-electron chi connectivity index (χ3n) is 3.06. The zero-order valence-corrected chi connectivity index (χ0v) is 10.2. The van der Waals surface area contributed by atoms with Crippen molar-refractivity contribution in [3.63, 3.8) is 0 Å². The number of aryl methyl sites for hydroxylation is 2. The molecular formula is C12H20N4. The van der Waals surface area contributed by atoms with Gasteiger partial charge < -0.3 is 10.6 Å². The number of nitrogens with zero attached hydrogens (tertiary/aromatic N) is 2. The van der Waals surface area contributed by atoms with Crippen LogP contribution in [-0.2, 0) is 0 Å². The fourth-order valence-corrected chi connectivity index (χ4v) is 2.20. The third-order valence-corrected chi connectivity index (χ3v) is 3.06. The van der Waals surface area contributed by atoms with E-state index < -0.39 is 0 Å². The van der Waals surface area contributed by atoms with Crippen LogP contribution in [0.25, 0.3) is 0 Å². The maximum atomic E-state index is 4.41. The first kappa shape index (κ1) is 11.3. The normalized spacial score (nSPS) is 25.4. The Balaban J connectivity index is 2.07. The van der Waals surface area contributed by atoms with E-state index >= 15 is 0 Å². The number of hydrogen-bond donors (Lipinski definition) is 2. The molecule has 88 valence electrons. The maximum absolute atomic E-state index is 4.41. The molecule has 0 bridgehead atoms. The van der Waals surface area contributed by atoms with E-state index in [-0.39, 0.29) is 0 Å². The average Bonchev–Trinajstić information content (AvgIpc) is 2.20. The zero-order chi connectivity index (χ0) is 11.5. The molecule has 16 heavy (non-hydrogen) atoms. The van der Waals surface area contributed by atoms with Crippen LogP contribution in [0.4, 0.5) is 5.95 Å². The fraction of sp³-hybridized carbons (Fsp3) is 0.667. The Hall–Kier alpha value is -1.16. The standard InChI is InChI=1S/C12H20N4/c1-8-7-9(2)15-12(14-8)16-11-5-4-6-13-10(11)3/h7,10-11,13H,4-6H2,1-3H3,(H,14,15,16). The molecule has 0 aromatic carbocycles. The van der Waals surface area contributed by atoms with Crippen molar-refractivity contribution in [3.8, 4) is 0 Å². The fourth-order valence-electron chi connectivity index (χ4n) is 2.20. The Morgan fingerprint density at radius 1 is 1.31 bits per heavy atom. The molecule has 2 atom stereocenters. The van der Waals surface area contributed by atoms with Gasteiger partial charge >= 0.3 is 0 Å². The second-order valence-electron chi connectivity index (χ2n) is 4.61. The van der Waals surface area contributed by atoms with Gasteiger partial charge in [0.25, 0.3) is 0 Å². The molecule has 2 heterocycles. The van der Waals surface area contributed by atoms with Gasteiger partial charge in [0.1, 0.15) is 0 Å². The molecule has 0 saturated carbocycles. The highest BCUT2D eigenvalue weighted by molar-refractivity contribution is 5.29. The monoisotopic (exact) mass is 220 g/mol. The molecule has 2 rings (SSSR count). The number of anilines is 1. The van der Waals surface area contributed by atoms with E-state index in [9.17, 15) is 0 Å². The highest BCUT2D eigenvalue weighted by Crippen LogP contribution is 2.13. The van der Waals surface area contributed by atoms with Gasteiger partial charge in [0.15, 0.2) is 0 Å². The van der Waals surface area contributed by atoms with Gasteiger partial charge in [-0.25, -0.2) is 9.97 Å². The Kier molecular flexibility index (Phi) is 3.39. The van der Waals surface area contributed by atoms with Crippen LogP contribution in [0.2, 0.25) is 0 Å². The van der Waals surface area contributed by atoms with E-state index in [1.807, 2.05) is 19.9 Å². The minimum atomic E-state index is 0.440. The highest BCUT2D eigenvalue weighted by atomic mass is 15.1. The Morgan fingerprint density at radius 2 is 2.00 bits per heavy atom. The summed E-state index contributed by atoms with van der Waals surface area (Å²) in [6.45, 7) is 7.33. The molecule has 1 aliphatic heterocycles. The molecule has 2 N–H and O–H groups in total. The summed E-state index contributed by atoms with van der Waals surface area (Å²) in [4.78, 5) is 8.83. The molecule has 0 radical (unpaired) electrons. The molecule has 0 spiro atoms. The largest absolute Gasteiger partial charge is 0.350 e. The van der Waals surface area contributed by atoms with Crippen molar-refractivity contribution in [3.05, 3.63) is 17.5 Å². The predicted octanol–water partition coefficient (Wildman–Crippen LogP) is 1.65. The van der Waals surface area contributed by atoms with Gasteiger partial charge in [0.2, 0.25) is 5.95 Å². The Morgan fingerprint density at radius 3 is 2.62 bits per heavy atom. The summed E-state index contributed by atoms with van der Waals surface area (Å²) in [7, 11) is 0. The summed E-state index contributed by atoms with van der Waals surface area (Å²) >= 11 is 0. The number of hydrogen-bond acceptors (Lipinski definition) is 4. The molecule has 1 aliphatic rings. The highest BCUT2D eigenvalue weighted by Gasteiger charge is 2.21. The van der Waals surface area contributed by atoms with Crippen LogP contribution >= 0.6 is 0 Å². The number of piperidine rings is 1. The SMILES string of the molecule is Cc1cc(C)nc(NC2CCCNC2C)n1. The molecule has 4 nitrogen and oxygen atoms in total. The van der Waals surface area contributed by atoms with E-state index in [1.165, 1.54) is 12.8 Å². The Bertz CT molecular complexity index is 344. The molecule has 4 heteroatoms. The lowest BCUT2D eigenvalue weighted by Gasteiger charge is -2.30. The topological polar surface area (TPSA) is 49.8 Å². The number of aromatic nitrogens is 2. The van der Waals surface area contributed by atoms with E-state index in [0.717, 1.165) is 23.9 Å². The van der Waals surface area contributed by atoms with Crippen LogP contribution in [0.15, 0.2) is 6.07 Å². The molecule has 2 unspecified atom stereocenters. The molecule has 0 aliphatic carbocycles. The zero-order valence-electron chi connectivity index (χ0n) is 10.2. The molecule has 0 amide bonds. The summed E-state index contributed by atoms with van der Waals surface area (Å²) in [5.74, 6) is 0.762. The first-order valence-electron chi connectivity index (χ1n) is 5.97. The van der Waals surface area contributed by atoms with Gasteiger partial charge in [0.05, 0.1) is 0 Å². The second-order valence-corrected chi connectivity index (χ2v) is 4.61. The van der Waals surface area contributed by atoms with Crippen molar-refractivity contribution >= 4 is 5.95 Å². The van der Waals surface area contributed by atoms with Crippen molar-refractivity contribution in [2.75, 3.05) is 11.9 Å². The molecule has 1 fully saturated rings. The van der Waals surface area contributed by atoms with Crippen LogP contribution in [-0.4, -0.2) is 28.6 Å². The lowest BCUT2D eigenvalue weighted by Crippen LogP contribution is -2.46. The second kappa shape index (κ2) is 4.78. The molecule has 1 aromatic rings. The maximum Gasteiger partial charge on any atom is 0.223 e. The van der Waals surface area contributed by atoms with Crippen molar-refractivity contribution in [2.45, 2.75) is 45.7 Å². The minimum absolute atomic E-state index is 0.440. The molecular weight excluding hydrogens is 200 g/mol. The first-order valence-corrected chi connectivity index (χ1v) is 5.97. The predicted molar refractivity (Wildman–Crippen MR) is 65.6 cm³/mol. The van der Waals surface area contributed by atoms with E-state index in [0.29, 0.717) is 12.1 Å². The van der Waals surface area contributed by atoms with Crippen molar-refractivity contribution in [2.24, 2.45) is 0 Å².